The number of carbonyl (C=O) groups excluding carboxylic acids is 1. The van der Waals surface area contributed by atoms with Gasteiger partial charge in [0.05, 0.1) is 25.1 Å². The van der Waals surface area contributed by atoms with E-state index in [1.165, 1.54) is 11.3 Å². The number of thiazole rings is 1. The first-order chi connectivity index (χ1) is 15.0. The highest BCUT2D eigenvalue weighted by Gasteiger charge is 2.27. The van der Waals surface area contributed by atoms with Gasteiger partial charge in [-0.25, -0.2) is 4.98 Å². The Morgan fingerprint density at radius 3 is 2.94 bits per heavy atom. The first kappa shape index (κ1) is 21.5. The summed E-state index contributed by atoms with van der Waals surface area (Å²) in [6, 6.07) is 6.08. The van der Waals surface area contributed by atoms with E-state index in [0.717, 1.165) is 46.0 Å². The summed E-state index contributed by atoms with van der Waals surface area (Å²) in [7, 11) is 0. The third-order valence-corrected chi connectivity index (χ3v) is 6.45. The van der Waals surface area contributed by atoms with E-state index >= 15 is 0 Å². The zero-order valence-electron chi connectivity index (χ0n) is 18.2. The number of hydrogen-bond donors (Lipinski definition) is 1. The van der Waals surface area contributed by atoms with Crippen molar-refractivity contribution in [3.05, 3.63) is 40.5 Å². The summed E-state index contributed by atoms with van der Waals surface area (Å²) in [5, 5.41) is 14.2. The monoisotopic (exact) mass is 440 g/mol. The Morgan fingerprint density at radius 2 is 2.19 bits per heavy atom. The minimum Gasteiger partial charge on any atom is -0.493 e. The standard InChI is InChI=1S/C23H28N4O3S/c1-4-8-26-14-17(13-24-26)16-5-6-19-18(12-16)21-20(7-11-30-19)31-22(25-21)23(29)27(9-10-28)15(2)3/h5-6,12-15,28H,4,7-11H2,1-3H3. The fraction of sp³-hybridized carbons (Fsp3) is 0.435. The van der Waals surface area contributed by atoms with Crippen LogP contribution in [0.25, 0.3) is 22.4 Å². The molecule has 0 radical (unpaired) electrons. The van der Waals surface area contributed by atoms with E-state index in [2.05, 4.69) is 24.3 Å². The maximum atomic E-state index is 13.1. The minimum atomic E-state index is -0.137. The van der Waals surface area contributed by atoms with Crippen LogP contribution in [-0.4, -0.2) is 56.5 Å². The first-order valence-corrected chi connectivity index (χ1v) is 11.5. The Labute approximate surface area is 186 Å². The molecule has 7 nitrogen and oxygen atoms in total. The molecule has 0 atom stereocenters. The zero-order chi connectivity index (χ0) is 22.0. The number of ether oxygens (including phenoxy) is 1. The lowest BCUT2D eigenvalue weighted by Crippen LogP contribution is -2.38. The van der Waals surface area contributed by atoms with Gasteiger partial charge >= 0.3 is 0 Å². The van der Waals surface area contributed by atoms with E-state index in [-0.39, 0.29) is 18.6 Å². The lowest BCUT2D eigenvalue weighted by Gasteiger charge is -2.24. The number of aliphatic hydroxyl groups excluding tert-OH is 1. The molecule has 0 aliphatic carbocycles. The number of aryl methyl sites for hydroxylation is 1. The first-order valence-electron chi connectivity index (χ1n) is 10.7. The van der Waals surface area contributed by atoms with E-state index in [4.69, 9.17) is 9.72 Å². The van der Waals surface area contributed by atoms with Crippen molar-refractivity contribution in [2.45, 2.75) is 46.2 Å². The number of carbonyl (C=O) groups is 1. The largest absolute Gasteiger partial charge is 0.493 e. The molecule has 0 fully saturated rings. The molecule has 0 saturated heterocycles. The predicted octanol–water partition coefficient (Wildman–Crippen LogP) is 3.86. The van der Waals surface area contributed by atoms with E-state index in [9.17, 15) is 9.90 Å². The second-order valence-electron chi connectivity index (χ2n) is 7.91. The van der Waals surface area contributed by atoms with Crippen LogP contribution in [0.15, 0.2) is 30.6 Å². The lowest BCUT2D eigenvalue weighted by atomic mass is 10.0. The van der Waals surface area contributed by atoms with Gasteiger partial charge in [-0.3, -0.25) is 9.48 Å². The van der Waals surface area contributed by atoms with E-state index in [1.54, 1.807) is 4.90 Å². The van der Waals surface area contributed by atoms with Gasteiger partial charge in [-0.05, 0) is 38.0 Å². The van der Waals surface area contributed by atoms with Gasteiger partial charge in [0.1, 0.15) is 5.75 Å². The van der Waals surface area contributed by atoms with Crippen molar-refractivity contribution in [2.75, 3.05) is 19.8 Å². The van der Waals surface area contributed by atoms with E-state index < -0.39 is 0 Å². The van der Waals surface area contributed by atoms with Crippen LogP contribution in [0.3, 0.4) is 0 Å². The van der Waals surface area contributed by atoms with Crippen molar-refractivity contribution in [2.24, 2.45) is 0 Å². The molecule has 0 unspecified atom stereocenters. The molecular weight excluding hydrogens is 412 g/mol. The maximum Gasteiger partial charge on any atom is 0.283 e. The van der Waals surface area contributed by atoms with Crippen LogP contribution < -0.4 is 4.74 Å². The Balaban J connectivity index is 1.72. The van der Waals surface area contributed by atoms with Crippen LogP contribution in [-0.2, 0) is 13.0 Å². The number of nitrogens with zero attached hydrogens (tertiary/aromatic N) is 4. The second kappa shape index (κ2) is 9.20. The van der Waals surface area contributed by atoms with Crippen molar-refractivity contribution < 1.29 is 14.6 Å². The van der Waals surface area contributed by atoms with Crippen LogP contribution in [0, 0.1) is 0 Å². The number of aromatic nitrogens is 3. The summed E-state index contributed by atoms with van der Waals surface area (Å²) >= 11 is 1.42. The number of fused-ring (bicyclic) bond motifs is 3. The molecule has 1 aliphatic rings. The third kappa shape index (κ3) is 4.36. The van der Waals surface area contributed by atoms with Gasteiger partial charge in [-0.2, -0.15) is 5.10 Å². The van der Waals surface area contributed by atoms with Crippen molar-refractivity contribution >= 4 is 17.2 Å². The van der Waals surface area contributed by atoms with Crippen molar-refractivity contribution in [1.29, 1.82) is 0 Å². The smallest absolute Gasteiger partial charge is 0.283 e. The highest BCUT2D eigenvalue weighted by atomic mass is 32.1. The third-order valence-electron chi connectivity index (χ3n) is 5.35. The molecule has 164 valence electrons. The number of hydrogen-bond acceptors (Lipinski definition) is 6. The summed E-state index contributed by atoms with van der Waals surface area (Å²) < 4.78 is 7.91. The summed E-state index contributed by atoms with van der Waals surface area (Å²) in [5.41, 5.74) is 3.81. The molecule has 8 heteroatoms. The quantitative estimate of drug-likeness (QED) is 0.603. The average Bonchev–Trinajstić information content (AvgIpc) is 3.36. The number of benzene rings is 1. The fourth-order valence-corrected chi connectivity index (χ4v) is 4.80. The van der Waals surface area contributed by atoms with Crippen LogP contribution in [0.2, 0.25) is 0 Å². The highest BCUT2D eigenvalue weighted by molar-refractivity contribution is 7.14. The van der Waals surface area contributed by atoms with Crippen LogP contribution in [0.1, 0.15) is 41.9 Å². The Bertz CT molecular complexity index is 1070. The van der Waals surface area contributed by atoms with Crippen molar-refractivity contribution in [3.63, 3.8) is 0 Å². The molecule has 3 aromatic rings. The molecule has 0 spiro atoms. The Kier molecular flexibility index (Phi) is 6.38. The molecule has 2 aromatic heterocycles. The van der Waals surface area contributed by atoms with E-state index in [0.29, 0.717) is 24.6 Å². The fourth-order valence-electron chi connectivity index (χ4n) is 3.79. The zero-order valence-corrected chi connectivity index (χ0v) is 19.0. The van der Waals surface area contributed by atoms with Crippen LogP contribution in [0.5, 0.6) is 5.75 Å². The Hall–Kier alpha value is -2.71. The normalized spacial score (nSPS) is 12.8. The van der Waals surface area contributed by atoms with Crippen LogP contribution in [0.4, 0.5) is 0 Å². The summed E-state index contributed by atoms with van der Waals surface area (Å²) in [6.45, 7) is 7.68. The minimum absolute atomic E-state index is 0.00904. The molecule has 1 aromatic carbocycles. The number of amides is 1. The van der Waals surface area contributed by atoms with E-state index in [1.807, 2.05) is 36.9 Å². The molecule has 3 heterocycles. The summed E-state index contributed by atoms with van der Waals surface area (Å²) in [6.07, 6.45) is 5.67. The van der Waals surface area contributed by atoms with Gasteiger partial charge in [-0.1, -0.05) is 13.0 Å². The van der Waals surface area contributed by atoms with Crippen LogP contribution >= 0.6 is 11.3 Å². The molecular formula is C23H28N4O3S. The van der Waals surface area contributed by atoms with Crippen molar-refractivity contribution in [1.82, 2.24) is 19.7 Å². The molecule has 1 N–H and O–H groups in total. The topological polar surface area (TPSA) is 80.5 Å². The van der Waals surface area contributed by atoms with Gasteiger partial charge in [0, 0.05) is 47.8 Å². The SMILES string of the molecule is CCCn1cc(-c2ccc3c(c2)-c2nc(C(=O)N(CCO)C(C)C)sc2CCO3)cn1. The maximum absolute atomic E-state index is 13.1. The molecule has 0 saturated carbocycles. The van der Waals surface area contributed by atoms with Gasteiger partial charge < -0.3 is 14.7 Å². The highest BCUT2D eigenvalue weighted by Crippen LogP contribution is 2.40. The van der Waals surface area contributed by atoms with Crippen molar-refractivity contribution in [3.8, 4) is 28.1 Å². The number of rotatable bonds is 7. The van der Waals surface area contributed by atoms with Gasteiger partial charge in [0.25, 0.3) is 5.91 Å². The molecule has 31 heavy (non-hydrogen) atoms. The molecule has 1 amide bonds. The van der Waals surface area contributed by atoms with Gasteiger partial charge in [0.15, 0.2) is 5.01 Å². The Morgan fingerprint density at radius 1 is 1.35 bits per heavy atom. The summed E-state index contributed by atoms with van der Waals surface area (Å²) in [4.78, 5) is 20.5. The molecule has 0 bridgehead atoms. The predicted molar refractivity (Wildman–Crippen MR) is 122 cm³/mol. The lowest BCUT2D eigenvalue weighted by molar-refractivity contribution is 0.0665. The average molecular weight is 441 g/mol. The number of aliphatic hydroxyl groups is 1. The summed E-state index contributed by atoms with van der Waals surface area (Å²) in [5.74, 6) is 0.644. The molecule has 4 rings (SSSR count). The second-order valence-corrected chi connectivity index (χ2v) is 8.99. The van der Waals surface area contributed by atoms with Gasteiger partial charge in [-0.15, -0.1) is 11.3 Å². The molecule has 1 aliphatic heterocycles. The van der Waals surface area contributed by atoms with Gasteiger partial charge in [0.2, 0.25) is 0 Å².